The SMILES string of the molecule is CCC(C)c1nc2cc(C3CCC3)cc(=O)n2[nH]1. The van der Waals surface area contributed by atoms with E-state index in [0.29, 0.717) is 11.8 Å². The van der Waals surface area contributed by atoms with Gasteiger partial charge >= 0.3 is 0 Å². The molecule has 96 valence electrons. The van der Waals surface area contributed by atoms with Crippen LogP contribution in [0.5, 0.6) is 0 Å². The van der Waals surface area contributed by atoms with Crippen LogP contribution in [0.15, 0.2) is 16.9 Å². The van der Waals surface area contributed by atoms with Gasteiger partial charge in [0.25, 0.3) is 5.56 Å². The zero-order valence-corrected chi connectivity index (χ0v) is 10.9. The van der Waals surface area contributed by atoms with Crippen molar-refractivity contribution >= 4 is 5.65 Å². The number of fused-ring (bicyclic) bond motifs is 1. The standard InChI is InChI=1S/C14H19N3O/c1-3-9(2)14-15-12-7-11(10-5-4-6-10)8-13(18)17(12)16-14/h7-10H,3-6H2,1-2H3,(H,15,16). The fourth-order valence-corrected chi connectivity index (χ4v) is 2.42. The van der Waals surface area contributed by atoms with Gasteiger partial charge < -0.3 is 0 Å². The topological polar surface area (TPSA) is 50.2 Å². The first kappa shape index (κ1) is 11.5. The molecule has 2 heterocycles. The Morgan fingerprint density at radius 1 is 1.50 bits per heavy atom. The first-order valence-electron chi connectivity index (χ1n) is 6.81. The van der Waals surface area contributed by atoms with Crippen molar-refractivity contribution in [3.63, 3.8) is 0 Å². The van der Waals surface area contributed by atoms with E-state index < -0.39 is 0 Å². The normalized spacial score (nSPS) is 17.9. The maximum atomic E-state index is 12.1. The summed E-state index contributed by atoms with van der Waals surface area (Å²) in [6.07, 6.45) is 4.71. The third kappa shape index (κ3) is 1.76. The highest BCUT2D eigenvalue weighted by atomic mass is 16.1. The third-order valence-electron chi connectivity index (χ3n) is 4.15. The van der Waals surface area contributed by atoms with E-state index in [1.54, 1.807) is 10.6 Å². The minimum absolute atomic E-state index is 0.0106. The maximum absolute atomic E-state index is 12.1. The van der Waals surface area contributed by atoms with Gasteiger partial charge in [0.05, 0.1) is 0 Å². The molecule has 4 nitrogen and oxygen atoms in total. The fourth-order valence-electron chi connectivity index (χ4n) is 2.42. The summed E-state index contributed by atoms with van der Waals surface area (Å²) in [6.45, 7) is 4.25. The molecule has 1 unspecified atom stereocenters. The second-order valence-corrected chi connectivity index (χ2v) is 5.37. The minimum Gasteiger partial charge on any atom is -0.276 e. The summed E-state index contributed by atoms with van der Waals surface area (Å²) in [5, 5.41) is 3.11. The van der Waals surface area contributed by atoms with Gasteiger partial charge in [-0.05, 0) is 36.8 Å². The van der Waals surface area contributed by atoms with E-state index in [0.717, 1.165) is 23.5 Å². The summed E-state index contributed by atoms with van der Waals surface area (Å²) < 4.78 is 1.56. The molecule has 1 aliphatic carbocycles. The molecule has 4 heteroatoms. The molecule has 1 aliphatic rings. The predicted octanol–water partition coefficient (Wildman–Crippen LogP) is 2.80. The number of aromatic amines is 1. The second kappa shape index (κ2) is 4.26. The van der Waals surface area contributed by atoms with Crippen LogP contribution in [0.4, 0.5) is 0 Å². The van der Waals surface area contributed by atoms with Gasteiger partial charge in [0, 0.05) is 12.0 Å². The number of nitrogens with zero attached hydrogens (tertiary/aromatic N) is 2. The average molecular weight is 245 g/mol. The zero-order chi connectivity index (χ0) is 12.7. The average Bonchev–Trinajstić information content (AvgIpc) is 2.70. The van der Waals surface area contributed by atoms with E-state index in [2.05, 4.69) is 30.0 Å². The zero-order valence-electron chi connectivity index (χ0n) is 10.9. The van der Waals surface area contributed by atoms with Gasteiger partial charge in [-0.3, -0.25) is 9.89 Å². The molecule has 0 aliphatic heterocycles. The van der Waals surface area contributed by atoms with Gasteiger partial charge in [0.1, 0.15) is 5.82 Å². The Morgan fingerprint density at radius 3 is 2.89 bits per heavy atom. The molecule has 3 rings (SSSR count). The number of nitrogens with one attached hydrogen (secondary N) is 1. The molecular weight excluding hydrogens is 226 g/mol. The molecule has 1 saturated carbocycles. The Balaban J connectivity index is 2.09. The summed E-state index contributed by atoms with van der Waals surface area (Å²) in [5.74, 6) is 1.84. The third-order valence-corrected chi connectivity index (χ3v) is 4.15. The molecular formula is C14H19N3O. The fraction of sp³-hybridized carbons (Fsp3) is 0.571. The summed E-state index contributed by atoms with van der Waals surface area (Å²) in [5.41, 5.74) is 1.93. The Labute approximate surface area is 106 Å². The molecule has 1 N–H and O–H groups in total. The van der Waals surface area contributed by atoms with Crippen molar-refractivity contribution < 1.29 is 0 Å². The highest BCUT2D eigenvalue weighted by molar-refractivity contribution is 5.42. The van der Waals surface area contributed by atoms with Crippen molar-refractivity contribution in [2.24, 2.45) is 0 Å². The van der Waals surface area contributed by atoms with Crippen LogP contribution in [0.2, 0.25) is 0 Å². The summed E-state index contributed by atoms with van der Waals surface area (Å²) >= 11 is 0. The molecule has 0 saturated heterocycles. The van der Waals surface area contributed by atoms with Crippen molar-refractivity contribution in [3.05, 3.63) is 33.9 Å². The van der Waals surface area contributed by atoms with Gasteiger partial charge in [0.2, 0.25) is 0 Å². The lowest BCUT2D eigenvalue weighted by atomic mass is 9.80. The van der Waals surface area contributed by atoms with Gasteiger partial charge in [-0.1, -0.05) is 20.3 Å². The Kier molecular flexibility index (Phi) is 2.73. The lowest BCUT2D eigenvalue weighted by Gasteiger charge is -2.25. The largest absolute Gasteiger partial charge is 0.276 e. The summed E-state index contributed by atoms with van der Waals surface area (Å²) in [6, 6.07) is 3.82. The first-order chi connectivity index (χ1) is 8.69. The van der Waals surface area contributed by atoms with Crippen molar-refractivity contribution in [2.45, 2.75) is 51.4 Å². The molecule has 0 radical (unpaired) electrons. The minimum atomic E-state index is 0.0106. The number of aromatic nitrogens is 3. The number of rotatable bonds is 3. The van der Waals surface area contributed by atoms with Crippen molar-refractivity contribution in [2.75, 3.05) is 0 Å². The predicted molar refractivity (Wildman–Crippen MR) is 71.1 cm³/mol. The highest BCUT2D eigenvalue weighted by Gasteiger charge is 2.21. The number of pyridine rings is 1. The maximum Gasteiger partial charge on any atom is 0.271 e. The van der Waals surface area contributed by atoms with E-state index >= 15 is 0 Å². The van der Waals surface area contributed by atoms with Crippen molar-refractivity contribution in [3.8, 4) is 0 Å². The second-order valence-electron chi connectivity index (χ2n) is 5.37. The molecule has 0 spiro atoms. The molecule has 0 bridgehead atoms. The molecule has 0 amide bonds. The van der Waals surface area contributed by atoms with Crippen LogP contribution in [-0.2, 0) is 0 Å². The van der Waals surface area contributed by atoms with Crippen LogP contribution in [0.25, 0.3) is 5.65 Å². The van der Waals surface area contributed by atoms with Crippen LogP contribution >= 0.6 is 0 Å². The van der Waals surface area contributed by atoms with Crippen LogP contribution in [-0.4, -0.2) is 14.6 Å². The number of H-pyrrole nitrogens is 1. The van der Waals surface area contributed by atoms with Gasteiger partial charge in [-0.2, -0.15) is 0 Å². The lowest BCUT2D eigenvalue weighted by molar-refractivity contribution is 0.419. The van der Waals surface area contributed by atoms with Crippen LogP contribution in [0.3, 0.4) is 0 Å². The molecule has 2 aromatic rings. The van der Waals surface area contributed by atoms with E-state index in [9.17, 15) is 4.79 Å². The molecule has 0 aromatic carbocycles. The number of hydrogen-bond acceptors (Lipinski definition) is 2. The summed E-state index contributed by atoms with van der Waals surface area (Å²) in [7, 11) is 0. The van der Waals surface area contributed by atoms with E-state index in [4.69, 9.17) is 0 Å². The molecule has 1 fully saturated rings. The molecule has 1 atom stereocenters. The van der Waals surface area contributed by atoms with Crippen molar-refractivity contribution in [1.29, 1.82) is 0 Å². The van der Waals surface area contributed by atoms with Crippen LogP contribution in [0, 0.1) is 0 Å². The Morgan fingerprint density at radius 2 is 2.28 bits per heavy atom. The van der Waals surface area contributed by atoms with Crippen LogP contribution < -0.4 is 5.56 Å². The van der Waals surface area contributed by atoms with Gasteiger partial charge in [-0.25, -0.2) is 9.50 Å². The van der Waals surface area contributed by atoms with E-state index in [1.165, 1.54) is 19.3 Å². The first-order valence-corrected chi connectivity index (χ1v) is 6.81. The molecule has 18 heavy (non-hydrogen) atoms. The smallest absolute Gasteiger partial charge is 0.271 e. The Bertz CT molecular complexity index is 621. The molecule has 2 aromatic heterocycles. The van der Waals surface area contributed by atoms with Gasteiger partial charge in [-0.15, -0.1) is 0 Å². The number of hydrogen-bond donors (Lipinski definition) is 1. The van der Waals surface area contributed by atoms with E-state index in [-0.39, 0.29) is 5.56 Å². The quantitative estimate of drug-likeness (QED) is 0.904. The van der Waals surface area contributed by atoms with E-state index in [1.807, 2.05) is 0 Å². The monoisotopic (exact) mass is 245 g/mol. The summed E-state index contributed by atoms with van der Waals surface area (Å²) in [4.78, 5) is 16.6. The Hall–Kier alpha value is -1.58. The van der Waals surface area contributed by atoms with Gasteiger partial charge in [0.15, 0.2) is 5.65 Å². The van der Waals surface area contributed by atoms with Crippen LogP contribution in [0.1, 0.15) is 62.8 Å². The lowest BCUT2D eigenvalue weighted by Crippen LogP contribution is -2.17. The van der Waals surface area contributed by atoms with Crippen molar-refractivity contribution in [1.82, 2.24) is 14.6 Å². The highest BCUT2D eigenvalue weighted by Crippen LogP contribution is 2.35.